The average Bonchev–Trinajstić information content (AvgIpc) is 2.74. The quantitative estimate of drug-likeness (QED) is 0.553. The molecule has 4 aromatic rings. The molecule has 0 bridgehead atoms. The number of phenolic OH excluding ortho intramolecular Hbond substituents is 1. The Kier molecular flexibility index (Phi) is 4.49. The van der Waals surface area contributed by atoms with Crippen LogP contribution in [0.25, 0.3) is 28.7 Å². The van der Waals surface area contributed by atoms with Crippen LogP contribution >= 0.6 is 0 Å². The number of phenols is 1. The van der Waals surface area contributed by atoms with Gasteiger partial charge in [0.1, 0.15) is 11.6 Å². The summed E-state index contributed by atoms with van der Waals surface area (Å²) in [5.41, 5.74) is 2.80. The highest BCUT2D eigenvalue weighted by Crippen LogP contribution is 2.17. The zero-order valence-electron chi connectivity index (χ0n) is 14.9. The second kappa shape index (κ2) is 7.26. The minimum absolute atomic E-state index is 0.149. The molecule has 0 aliphatic rings. The molecule has 1 aromatic heterocycles. The lowest BCUT2D eigenvalue weighted by atomic mass is 10.1. The van der Waals surface area contributed by atoms with Gasteiger partial charge in [0, 0.05) is 5.56 Å². The molecule has 4 nitrogen and oxygen atoms in total. The first-order valence-corrected chi connectivity index (χ1v) is 8.72. The van der Waals surface area contributed by atoms with Gasteiger partial charge in [0.2, 0.25) is 0 Å². The van der Waals surface area contributed by atoms with Gasteiger partial charge in [-0.3, -0.25) is 9.36 Å². The van der Waals surface area contributed by atoms with Gasteiger partial charge >= 0.3 is 0 Å². The number of nitrogens with zero attached hydrogens (tertiary/aromatic N) is 2. The summed E-state index contributed by atoms with van der Waals surface area (Å²) in [5.74, 6) is 3.28. The van der Waals surface area contributed by atoms with Crippen molar-refractivity contribution in [3.63, 3.8) is 0 Å². The van der Waals surface area contributed by atoms with Crippen LogP contribution in [0.3, 0.4) is 0 Å². The summed E-state index contributed by atoms with van der Waals surface area (Å²) >= 11 is 0. The zero-order valence-corrected chi connectivity index (χ0v) is 14.9. The summed E-state index contributed by atoms with van der Waals surface area (Å²) in [5, 5.41) is 9.98. The number of terminal acetylenes is 1. The van der Waals surface area contributed by atoms with E-state index in [1.165, 1.54) is 0 Å². The molecular formula is C24H16N2O2. The third-order valence-corrected chi connectivity index (χ3v) is 4.41. The van der Waals surface area contributed by atoms with Crippen LogP contribution in [0, 0.1) is 12.3 Å². The molecule has 0 aliphatic carbocycles. The molecule has 4 heteroatoms. The molecular weight excluding hydrogens is 348 g/mol. The van der Waals surface area contributed by atoms with Crippen LogP contribution in [0.15, 0.2) is 77.6 Å². The number of aromatic nitrogens is 2. The van der Waals surface area contributed by atoms with Gasteiger partial charge in [0.25, 0.3) is 5.56 Å². The van der Waals surface area contributed by atoms with E-state index in [4.69, 9.17) is 6.42 Å². The second-order valence-electron chi connectivity index (χ2n) is 6.24. The van der Waals surface area contributed by atoms with Crippen molar-refractivity contribution in [3.8, 4) is 23.8 Å². The molecule has 0 amide bonds. The summed E-state index contributed by atoms with van der Waals surface area (Å²) in [7, 11) is 0. The van der Waals surface area contributed by atoms with E-state index in [1.807, 2.05) is 36.4 Å². The number of hydrogen-bond acceptors (Lipinski definition) is 3. The predicted molar refractivity (Wildman–Crippen MR) is 112 cm³/mol. The first kappa shape index (κ1) is 17.3. The molecule has 0 radical (unpaired) electrons. The molecule has 134 valence electrons. The van der Waals surface area contributed by atoms with Crippen LogP contribution < -0.4 is 5.56 Å². The minimum atomic E-state index is -0.149. The Morgan fingerprint density at radius 1 is 0.929 bits per heavy atom. The van der Waals surface area contributed by atoms with Crippen LogP contribution in [0.4, 0.5) is 0 Å². The lowest BCUT2D eigenvalue weighted by Crippen LogP contribution is -2.22. The standard InChI is InChI=1S/C24H16N2O2/c1-2-17-7-12-19(13-8-17)26-23(16-11-18-9-14-20(27)15-10-18)25-22-6-4-3-5-21(22)24(26)28/h1,3-16,27H/b16-11+. The van der Waals surface area contributed by atoms with Crippen LogP contribution in [-0.2, 0) is 0 Å². The van der Waals surface area contributed by atoms with E-state index in [-0.39, 0.29) is 11.3 Å². The van der Waals surface area contributed by atoms with Gasteiger partial charge in [-0.15, -0.1) is 6.42 Å². The second-order valence-corrected chi connectivity index (χ2v) is 6.24. The zero-order chi connectivity index (χ0) is 19.5. The molecule has 0 atom stereocenters. The highest BCUT2D eigenvalue weighted by molar-refractivity contribution is 5.80. The summed E-state index contributed by atoms with van der Waals surface area (Å²) in [6.07, 6.45) is 9.07. The van der Waals surface area contributed by atoms with Gasteiger partial charge < -0.3 is 5.11 Å². The van der Waals surface area contributed by atoms with Crippen LogP contribution in [0.1, 0.15) is 17.0 Å². The summed E-state index contributed by atoms with van der Waals surface area (Å²) in [4.78, 5) is 17.8. The Labute approximate surface area is 162 Å². The van der Waals surface area contributed by atoms with E-state index in [0.717, 1.165) is 11.1 Å². The predicted octanol–water partition coefficient (Wildman–Crippen LogP) is 4.24. The van der Waals surface area contributed by atoms with Gasteiger partial charge in [-0.1, -0.05) is 36.3 Å². The monoisotopic (exact) mass is 364 g/mol. The number of rotatable bonds is 3. The maximum Gasteiger partial charge on any atom is 0.266 e. The SMILES string of the molecule is C#Cc1ccc(-n2c(/C=C/c3ccc(O)cc3)nc3ccccc3c2=O)cc1. The summed E-state index contributed by atoms with van der Waals surface area (Å²) in [6.45, 7) is 0. The fourth-order valence-electron chi connectivity index (χ4n) is 2.97. The van der Waals surface area contributed by atoms with Crippen molar-refractivity contribution in [2.75, 3.05) is 0 Å². The van der Waals surface area contributed by atoms with Crippen molar-refractivity contribution in [2.45, 2.75) is 0 Å². The maximum absolute atomic E-state index is 13.2. The molecule has 0 fully saturated rings. The van der Waals surface area contributed by atoms with Crippen LogP contribution in [0.5, 0.6) is 5.75 Å². The average molecular weight is 364 g/mol. The first-order valence-electron chi connectivity index (χ1n) is 8.72. The summed E-state index contributed by atoms with van der Waals surface area (Å²) < 4.78 is 1.57. The minimum Gasteiger partial charge on any atom is -0.508 e. The maximum atomic E-state index is 13.2. The topological polar surface area (TPSA) is 55.1 Å². The van der Waals surface area contributed by atoms with Crippen molar-refractivity contribution in [1.29, 1.82) is 0 Å². The van der Waals surface area contributed by atoms with Crippen LogP contribution in [0.2, 0.25) is 0 Å². The summed E-state index contributed by atoms with van der Waals surface area (Å²) in [6, 6.07) is 21.3. The van der Waals surface area contributed by atoms with E-state index in [1.54, 1.807) is 53.1 Å². The van der Waals surface area contributed by atoms with Crippen molar-refractivity contribution < 1.29 is 5.11 Å². The van der Waals surface area contributed by atoms with Crippen molar-refractivity contribution >= 4 is 23.1 Å². The Balaban J connectivity index is 1.91. The van der Waals surface area contributed by atoms with E-state index >= 15 is 0 Å². The van der Waals surface area contributed by atoms with Gasteiger partial charge in [-0.25, -0.2) is 4.98 Å². The van der Waals surface area contributed by atoms with E-state index in [2.05, 4.69) is 10.9 Å². The highest BCUT2D eigenvalue weighted by Gasteiger charge is 2.11. The van der Waals surface area contributed by atoms with Gasteiger partial charge in [-0.05, 0) is 60.2 Å². The fraction of sp³-hybridized carbons (Fsp3) is 0. The molecule has 0 saturated heterocycles. The van der Waals surface area contributed by atoms with E-state index in [9.17, 15) is 9.90 Å². The number of fused-ring (bicyclic) bond motifs is 1. The van der Waals surface area contributed by atoms with Crippen LogP contribution in [-0.4, -0.2) is 14.7 Å². The van der Waals surface area contributed by atoms with Crippen molar-refractivity contribution in [3.05, 3.63) is 100 Å². The molecule has 3 aromatic carbocycles. The lowest BCUT2D eigenvalue weighted by Gasteiger charge is -2.11. The van der Waals surface area contributed by atoms with Gasteiger partial charge in [0.15, 0.2) is 0 Å². The third-order valence-electron chi connectivity index (χ3n) is 4.41. The Hall–Kier alpha value is -4.10. The molecule has 1 heterocycles. The largest absolute Gasteiger partial charge is 0.508 e. The lowest BCUT2D eigenvalue weighted by molar-refractivity contribution is 0.475. The highest BCUT2D eigenvalue weighted by atomic mass is 16.3. The van der Waals surface area contributed by atoms with Gasteiger partial charge in [-0.2, -0.15) is 0 Å². The van der Waals surface area contributed by atoms with E-state index in [0.29, 0.717) is 22.4 Å². The van der Waals surface area contributed by atoms with Gasteiger partial charge in [0.05, 0.1) is 16.6 Å². The Bertz CT molecular complexity index is 1280. The number of hydrogen-bond donors (Lipinski definition) is 1. The molecule has 28 heavy (non-hydrogen) atoms. The Morgan fingerprint density at radius 3 is 2.36 bits per heavy atom. The van der Waals surface area contributed by atoms with Crippen molar-refractivity contribution in [2.24, 2.45) is 0 Å². The smallest absolute Gasteiger partial charge is 0.266 e. The third kappa shape index (κ3) is 3.29. The number of para-hydroxylation sites is 1. The normalized spacial score (nSPS) is 11.0. The molecule has 1 N–H and O–H groups in total. The van der Waals surface area contributed by atoms with E-state index < -0.39 is 0 Å². The Morgan fingerprint density at radius 2 is 1.64 bits per heavy atom. The number of benzene rings is 3. The number of aromatic hydroxyl groups is 1. The molecule has 0 aliphatic heterocycles. The fourth-order valence-corrected chi connectivity index (χ4v) is 2.97. The molecule has 0 saturated carbocycles. The molecule has 4 rings (SSSR count). The van der Waals surface area contributed by atoms with Crippen molar-refractivity contribution in [1.82, 2.24) is 9.55 Å². The molecule has 0 unspecified atom stereocenters. The molecule has 0 spiro atoms. The first-order chi connectivity index (χ1) is 13.7.